The van der Waals surface area contributed by atoms with Gasteiger partial charge < -0.3 is 4.90 Å². The first-order chi connectivity index (χ1) is 24.9. The predicted molar refractivity (Wildman–Crippen MR) is 219 cm³/mol. The molecule has 2 aliphatic rings. The van der Waals surface area contributed by atoms with Crippen LogP contribution < -0.4 is 4.90 Å². The summed E-state index contributed by atoms with van der Waals surface area (Å²) in [6.45, 7) is 6.83. The molecular formula is C50H35N. The number of fused-ring (bicyclic) bond motifs is 12. The highest BCUT2D eigenvalue weighted by atomic mass is 15.1. The van der Waals surface area contributed by atoms with Crippen molar-refractivity contribution < 1.29 is 0 Å². The molecule has 1 nitrogen and oxygen atoms in total. The van der Waals surface area contributed by atoms with Gasteiger partial charge in [-0.25, -0.2) is 0 Å². The normalized spacial score (nSPS) is 12.6. The molecule has 0 spiro atoms. The molecule has 1 heteroatoms. The van der Waals surface area contributed by atoms with Crippen LogP contribution in [0.1, 0.15) is 26.3 Å². The van der Waals surface area contributed by atoms with Crippen molar-refractivity contribution in [1.82, 2.24) is 0 Å². The summed E-state index contributed by atoms with van der Waals surface area (Å²) in [5, 5.41) is 10.2. The molecule has 0 radical (unpaired) electrons. The van der Waals surface area contributed by atoms with Gasteiger partial charge in [0.25, 0.3) is 0 Å². The number of anilines is 3. The maximum absolute atomic E-state index is 2.42. The third-order valence-electron chi connectivity index (χ3n) is 11.4. The van der Waals surface area contributed by atoms with Gasteiger partial charge >= 0.3 is 0 Å². The molecule has 0 saturated heterocycles. The quantitative estimate of drug-likeness (QED) is 0.184. The minimum absolute atomic E-state index is 0.0855. The summed E-state index contributed by atoms with van der Waals surface area (Å²) < 4.78 is 0. The Morgan fingerprint density at radius 3 is 0.922 bits per heavy atom. The predicted octanol–water partition coefficient (Wildman–Crippen LogP) is 14.4. The summed E-state index contributed by atoms with van der Waals surface area (Å²) in [6.07, 6.45) is 0. The van der Waals surface area contributed by atoms with Crippen LogP contribution >= 0.6 is 0 Å². The van der Waals surface area contributed by atoms with E-state index in [2.05, 4.69) is 183 Å². The number of nitrogens with zero attached hydrogens (tertiary/aromatic N) is 1. The number of hydrogen-bond acceptors (Lipinski definition) is 1. The third-order valence-corrected chi connectivity index (χ3v) is 11.4. The van der Waals surface area contributed by atoms with Gasteiger partial charge in [-0.3, -0.25) is 0 Å². The first kappa shape index (κ1) is 28.6. The minimum Gasteiger partial charge on any atom is -0.310 e. The Kier molecular flexibility index (Phi) is 5.72. The fourth-order valence-electron chi connectivity index (χ4n) is 8.54. The van der Waals surface area contributed by atoms with Crippen LogP contribution in [0.3, 0.4) is 0 Å². The molecular weight excluding hydrogens is 615 g/mol. The Hall–Kier alpha value is -6.18. The number of hydrogen-bond donors (Lipinski definition) is 0. The number of rotatable bonds is 3. The highest BCUT2D eigenvalue weighted by Gasteiger charge is 2.26. The van der Waals surface area contributed by atoms with Crippen LogP contribution in [-0.4, -0.2) is 0 Å². The van der Waals surface area contributed by atoms with Crippen LogP contribution in [0.25, 0.3) is 87.6 Å². The van der Waals surface area contributed by atoms with Gasteiger partial charge in [0.1, 0.15) is 0 Å². The molecule has 0 saturated carbocycles. The van der Waals surface area contributed by atoms with Gasteiger partial charge in [0.15, 0.2) is 0 Å². The summed E-state index contributed by atoms with van der Waals surface area (Å²) in [7, 11) is 0. The Balaban J connectivity index is 1.04. The topological polar surface area (TPSA) is 3.24 Å². The van der Waals surface area contributed by atoms with Crippen molar-refractivity contribution in [2.24, 2.45) is 0 Å². The lowest BCUT2D eigenvalue weighted by Crippen LogP contribution is -2.13. The average Bonchev–Trinajstić information content (AvgIpc) is 3.15. The Morgan fingerprint density at radius 2 is 0.588 bits per heavy atom. The van der Waals surface area contributed by atoms with Crippen LogP contribution in [-0.2, 0) is 5.41 Å². The van der Waals surface area contributed by atoms with E-state index in [1.807, 2.05) is 0 Å². The molecule has 9 aromatic carbocycles. The zero-order valence-corrected chi connectivity index (χ0v) is 29.0. The van der Waals surface area contributed by atoms with E-state index in [0.717, 1.165) is 17.1 Å². The van der Waals surface area contributed by atoms with Crippen molar-refractivity contribution in [3.63, 3.8) is 0 Å². The van der Waals surface area contributed by atoms with Crippen molar-refractivity contribution >= 4 is 60.2 Å². The standard InChI is InChI=1S/C50H35N/c1-50(2,3)38-14-18-39(19-15-38)51(40-16-12-34-26-46-42-22-30-8-4-6-10-32(30)24-44(42)48(46)28-36(34)20-40)41-17-13-35-27-47-43-23-31-9-5-7-11-33(31)25-45(43)49(47)29-37(35)21-41/h4-29H,1-3H3. The Morgan fingerprint density at radius 1 is 0.294 bits per heavy atom. The maximum Gasteiger partial charge on any atom is 0.0468 e. The molecule has 0 amide bonds. The molecule has 0 fully saturated rings. The summed E-state index contributed by atoms with van der Waals surface area (Å²) in [5.41, 5.74) is 15.7. The lowest BCUT2D eigenvalue weighted by molar-refractivity contribution is 0.590. The van der Waals surface area contributed by atoms with Gasteiger partial charge in [0.05, 0.1) is 0 Å². The molecule has 0 heterocycles. The van der Waals surface area contributed by atoms with E-state index in [9.17, 15) is 0 Å². The fourth-order valence-corrected chi connectivity index (χ4v) is 8.54. The van der Waals surface area contributed by atoms with Crippen molar-refractivity contribution in [2.45, 2.75) is 26.2 Å². The first-order valence-corrected chi connectivity index (χ1v) is 18.0. The molecule has 0 aliphatic heterocycles. The second-order valence-electron chi connectivity index (χ2n) is 15.5. The van der Waals surface area contributed by atoms with Gasteiger partial charge in [-0.1, -0.05) is 93.6 Å². The van der Waals surface area contributed by atoms with Crippen LogP contribution in [0.4, 0.5) is 17.1 Å². The van der Waals surface area contributed by atoms with Crippen molar-refractivity contribution in [3.05, 3.63) is 163 Å². The van der Waals surface area contributed by atoms with E-state index in [1.54, 1.807) is 0 Å². The molecule has 9 aromatic rings. The molecule has 0 bridgehead atoms. The number of benzene rings is 9. The van der Waals surface area contributed by atoms with Crippen molar-refractivity contribution in [3.8, 4) is 44.5 Å². The van der Waals surface area contributed by atoms with E-state index in [1.165, 1.54) is 93.2 Å². The van der Waals surface area contributed by atoms with Gasteiger partial charge in [0.2, 0.25) is 0 Å². The minimum atomic E-state index is 0.0855. The fraction of sp³-hybridized carbons (Fsp3) is 0.0800. The average molecular weight is 650 g/mol. The monoisotopic (exact) mass is 649 g/mol. The van der Waals surface area contributed by atoms with Crippen LogP contribution in [0, 0.1) is 0 Å². The molecule has 51 heavy (non-hydrogen) atoms. The molecule has 240 valence electrons. The molecule has 11 rings (SSSR count). The van der Waals surface area contributed by atoms with Gasteiger partial charge in [-0.15, -0.1) is 0 Å². The van der Waals surface area contributed by atoms with Gasteiger partial charge in [0, 0.05) is 17.1 Å². The zero-order valence-electron chi connectivity index (χ0n) is 29.0. The van der Waals surface area contributed by atoms with Crippen LogP contribution in [0.5, 0.6) is 0 Å². The van der Waals surface area contributed by atoms with Crippen LogP contribution in [0.2, 0.25) is 0 Å². The van der Waals surface area contributed by atoms with Crippen molar-refractivity contribution in [2.75, 3.05) is 4.90 Å². The largest absolute Gasteiger partial charge is 0.310 e. The summed E-state index contributed by atoms with van der Waals surface area (Å²) >= 11 is 0. The van der Waals surface area contributed by atoms with Crippen molar-refractivity contribution in [1.29, 1.82) is 0 Å². The second-order valence-corrected chi connectivity index (χ2v) is 15.5. The SMILES string of the molecule is CC(C)(C)c1ccc(N(c2ccc3cc4c(cc3c2)-c2cc3ccccc3cc2-4)c2ccc3cc4c(cc3c2)-c2cc3ccccc3cc2-4)cc1. The second kappa shape index (κ2) is 10.2. The molecule has 0 N–H and O–H groups in total. The lowest BCUT2D eigenvalue weighted by Gasteiger charge is -2.29. The van der Waals surface area contributed by atoms with E-state index in [0.29, 0.717) is 0 Å². The van der Waals surface area contributed by atoms with E-state index in [-0.39, 0.29) is 5.41 Å². The maximum atomic E-state index is 2.42. The first-order valence-electron chi connectivity index (χ1n) is 18.0. The molecule has 2 aliphatic carbocycles. The highest BCUT2D eigenvalue weighted by Crippen LogP contribution is 2.52. The molecule has 0 atom stereocenters. The van der Waals surface area contributed by atoms with E-state index >= 15 is 0 Å². The molecule has 0 aromatic heterocycles. The van der Waals surface area contributed by atoms with Crippen LogP contribution in [0.15, 0.2) is 158 Å². The summed E-state index contributed by atoms with van der Waals surface area (Å²) in [6, 6.07) is 59.4. The lowest BCUT2D eigenvalue weighted by atomic mass is 9.78. The Labute approximate surface area is 298 Å². The smallest absolute Gasteiger partial charge is 0.0468 e. The van der Waals surface area contributed by atoms with E-state index in [4.69, 9.17) is 0 Å². The zero-order chi connectivity index (χ0) is 34.0. The summed E-state index contributed by atoms with van der Waals surface area (Å²) in [4.78, 5) is 2.42. The van der Waals surface area contributed by atoms with Gasteiger partial charge in [-0.2, -0.15) is 0 Å². The van der Waals surface area contributed by atoms with Gasteiger partial charge in [-0.05, 0) is 184 Å². The Bertz CT molecular complexity index is 2760. The molecule has 0 unspecified atom stereocenters. The third kappa shape index (κ3) is 4.28. The highest BCUT2D eigenvalue weighted by molar-refractivity contribution is 6.13. The van der Waals surface area contributed by atoms with E-state index < -0.39 is 0 Å². The summed E-state index contributed by atoms with van der Waals surface area (Å²) in [5.74, 6) is 0.